The van der Waals surface area contributed by atoms with Crippen LogP contribution in [-0.4, -0.2) is 56.6 Å². The molecule has 0 aliphatic carbocycles. The molecule has 0 spiro atoms. The van der Waals surface area contributed by atoms with Crippen molar-refractivity contribution in [3.63, 3.8) is 0 Å². The molecule has 144 valence electrons. The molecule has 0 bridgehead atoms. The Morgan fingerprint density at radius 3 is 2.81 bits per heavy atom. The third-order valence-electron chi connectivity index (χ3n) is 4.37. The Balaban J connectivity index is 1.64. The van der Waals surface area contributed by atoms with Gasteiger partial charge in [-0.1, -0.05) is 25.1 Å². The quantitative estimate of drug-likeness (QED) is 0.697. The molecule has 1 aliphatic rings. The van der Waals surface area contributed by atoms with Gasteiger partial charge >= 0.3 is 6.03 Å². The number of amides is 3. The van der Waals surface area contributed by atoms with Crippen LogP contribution in [0.4, 0.5) is 4.79 Å². The van der Waals surface area contributed by atoms with Gasteiger partial charge in [0.25, 0.3) is 5.91 Å². The first-order valence-electron chi connectivity index (χ1n) is 8.93. The molecular weight excluding hydrogens is 348 g/mol. The molecule has 0 radical (unpaired) electrons. The molecule has 9 nitrogen and oxygen atoms in total. The minimum absolute atomic E-state index is 0.155. The summed E-state index contributed by atoms with van der Waals surface area (Å²) in [6, 6.07) is 4.61. The van der Waals surface area contributed by atoms with Gasteiger partial charge in [-0.3, -0.25) is 14.7 Å². The van der Waals surface area contributed by atoms with Crippen LogP contribution < -0.4 is 5.32 Å². The van der Waals surface area contributed by atoms with Crippen molar-refractivity contribution in [1.29, 1.82) is 0 Å². The SMILES string of the molecule is COCCn1cc(C[C@@H]2NC(=O)N(Cc3cccc(C(C)C)n3)C2=O)nn1. The highest BCUT2D eigenvalue weighted by Crippen LogP contribution is 2.16. The normalized spacial score (nSPS) is 17.0. The lowest BCUT2D eigenvalue weighted by Crippen LogP contribution is -2.32. The van der Waals surface area contributed by atoms with Gasteiger partial charge in [-0.05, 0) is 18.1 Å². The van der Waals surface area contributed by atoms with Gasteiger partial charge in [0.05, 0.1) is 31.1 Å². The average Bonchev–Trinajstić information content (AvgIpc) is 3.20. The molecule has 27 heavy (non-hydrogen) atoms. The molecule has 3 amide bonds. The van der Waals surface area contributed by atoms with Crippen LogP contribution in [0, 0.1) is 0 Å². The van der Waals surface area contributed by atoms with Gasteiger partial charge in [-0.25, -0.2) is 9.48 Å². The van der Waals surface area contributed by atoms with Gasteiger partial charge in [-0.2, -0.15) is 0 Å². The third-order valence-corrected chi connectivity index (χ3v) is 4.37. The van der Waals surface area contributed by atoms with Gasteiger partial charge in [-0.15, -0.1) is 5.10 Å². The van der Waals surface area contributed by atoms with Gasteiger partial charge in [0.15, 0.2) is 0 Å². The van der Waals surface area contributed by atoms with Crippen LogP contribution in [0.2, 0.25) is 0 Å². The number of carbonyl (C=O) groups is 2. The highest BCUT2D eigenvalue weighted by Gasteiger charge is 2.38. The van der Waals surface area contributed by atoms with Crippen LogP contribution in [0.3, 0.4) is 0 Å². The number of nitrogens with zero attached hydrogens (tertiary/aromatic N) is 5. The number of pyridine rings is 1. The van der Waals surface area contributed by atoms with Crippen molar-refractivity contribution in [2.24, 2.45) is 0 Å². The molecule has 0 unspecified atom stereocenters. The highest BCUT2D eigenvalue weighted by atomic mass is 16.5. The maximum Gasteiger partial charge on any atom is 0.325 e. The van der Waals surface area contributed by atoms with E-state index in [9.17, 15) is 9.59 Å². The number of hydrogen-bond donors (Lipinski definition) is 1. The fourth-order valence-electron chi connectivity index (χ4n) is 2.87. The van der Waals surface area contributed by atoms with Crippen LogP contribution >= 0.6 is 0 Å². The van der Waals surface area contributed by atoms with E-state index in [1.807, 2.05) is 18.2 Å². The molecule has 3 rings (SSSR count). The van der Waals surface area contributed by atoms with E-state index < -0.39 is 12.1 Å². The average molecular weight is 372 g/mol. The molecule has 1 fully saturated rings. The van der Waals surface area contributed by atoms with E-state index in [1.165, 1.54) is 4.90 Å². The maximum atomic E-state index is 12.7. The zero-order chi connectivity index (χ0) is 19.4. The number of imide groups is 1. The van der Waals surface area contributed by atoms with E-state index in [4.69, 9.17) is 4.74 Å². The van der Waals surface area contributed by atoms with Crippen molar-refractivity contribution in [2.45, 2.75) is 45.3 Å². The molecule has 3 heterocycles. The van der Waals surface area contributed by atoms with Crippen molar-refractivity contribution in [3.05, 3.63) is 41.5 Å². The Morgan fingerprint density at radius 2 is 2.07 bits per heavy atom. The summed E-state index contributed by atoms with van der Waals surface area (Å²) in [6.45, 7) is 5.37. The molecule has 2 aromatic heterocycles. The Bertz CT molecular complexity index is 819. The zero-order valence-corrected chi connectivity index (χ0v) is 15.8. The monoisotopic (exact) mass is 372 g/mol. The van der Waals surface area contributed by atoms with Crippen LogP contribution in [0.15, 0.2) is 24.4 Å². The summed E-state index contributed by atoms with van der Waals surface area (Å²) in [5.41, 5.74) is 2.27. The number of ether oxygens (including phenoxy) is 1. The first kappa shape index (κ1) is 19.0. The fraction of sp³-hybridized carbons (Fsp3) is 0.500. The Hall–Kier alpha value is -2.81. The van der Waals surface area contributed by atoms with E-state index in [0.29, 0.717) is 31.0 Å². The molecular formula is C18H24N6O3. The Morgan fingerprint density at radius 1 is 1.26 bits per heavy atom. The zero-order valence-electron chi connectivity index (χ0n) is 15.8. The summed E-state index contributed by atoms with van der Waals surface area (Å²) in [5, 5.41) is 10.8. The van der Waals surface area contributed by atoms with Crippen LogP contribution in [-0.2, 0) is 29.0 Å². The smallest absolute Gasteiger partial charge is 0.325 e. The van der Waals surface area contributed by atoms with Gasteiger partial charge < -0.3 is 10.1 Å². The third kappa shape index (κ3) is 4.48. The maximum absolute atomic E-state index is 12.7. The second kappa shape index (κ2) is 8.26. The largest absolute Gasteiger partial charge is 0.383 e. The summed E-state index contributed by atoms with van der Waals surface area (Å²) in [5.74, 6) is 0.00437. The first-order chi connectivity index (χ1) is 13.0. The molecule has 1 N–H and O–H groups in total. The second-order valence-corrected chi connectivity index (χ2v) is 6.80. The number of nitrogens with one attached hydrogen (secondary N) is 1. The topological polar surface area (TPSA) is 102 Å². The van der Waals surface area contributed by atoms with Crippen molar-refractivity contribution in [2.75, 3.05) is 13.7 Å². The molecule has 9 heteroatoms. The van der Waals surface area contributed by atoms with E-state index in [-0.39, 0.29) is 18.4 Å². The molecule has 1 aliphatic heterocycles. The summed E-state index contributed by atoms with van der Waals surface area (Å²) in [6.07, 6.45) is 2.06. The number of methoxy groups -OCH3 is 1. The summed E-state index contributed by atoms with van der Waals surface area (Å²) in [4.78, 5) is 30.7. The van der Waals surface area contributed by atoms with Crippen LogP contribution in [0.25, 0.3) is 0 Å². The molecule has 1 atom stereocenters. The van der Waals surface area contributed by atoms with Gasteiger partial charge in [0, 0.05) is 25.4 Å². The predicted molar refractivity (Wildman–Crippen MR) is 96.8 cm³/mol. The minimum atomic E-state index is -0.640. The molecule has 2 aromatic rings. The highest BCUT2D eigenvalue weighted by molar-refractivity contribution is 6.04. The van der Waals surface area contributed by atoms with Crippen molar-refractivity contribution >= 4 is 11.9 Å². The molecule has 0 aromatic carbocycles. The lowest BCUT2D eigenvalue weighted by Gasteiger charge is -2.13. The van der Waals surface area contributed by atoms with Crippen molar-refractivity contribution in [1.82, 2.24) is 30.2 Å². The number of carbonyl (C=O) groups excluding carboxylic acids is 2. The number of hydrogen-bond acceptors (Lipinski definition) is 6. The second-order valence-electron chi connectivity index (χ2n) is 6.80. The Labute approximate surface area is 157 Å². The minimum Gasteiger partial charge on any atom is -0.383 e. The van der Waals surface area contributed by atoms with Gasteiger partial charge in [0.1, 0.15) is 6.04 Å². The van der Waals surface area contributed by atoms with E-state index >= 15 is 0 Å². The Kier molecular flexibility index (Phi) is 5.80. The van der Waals surface area contributed by atoms with Crippen molar-refractivity contribution < 1.29 is 14.3 Å². The summed E-state index contributed by atoms with van der Waals surface area (Å²) < 4.78 is 6.65. The van der Waals surface area contributed by atoms with E-state index in [2.05, 4.69) is 34.5 Å². The summed E-state index contributed by atoms with van der Waals surface area (Å²) in [7, 11) is 1.62. The number of aromatic nitrogens is 4. The lowest BCUT2D eigenvalue weighted by molar-refractivity contribution is -0.127. The number of urea groups is 1. The van der Waals surface area contributed by atoms with E-state index in [1.54, 1.807) is 18.0 Å². The van der Waals surface area contributed by atoms with Crippen LogP contribution in [0.5, 0.6) is 0 Å². The fourth-order valence-corrected chi connectivity index (χ4v) is 2.87. The van der Waals surface area contributed by atoms with Crippen LogP contribution in [0.1, 0.15) is 36.8 Å². The standard InChI is InChI=1S/C18H24N6O3/c1-12(2)15-6-4-5-13(19-15)11-24-17(25)16(20-18(24)26)9-14-10-23(22-21-14)7-8-27-3/h4-6,10,12,16H,7-9,11H2,1-3H3,(H,20,26)/t16-/m0/s1. The lowest BCUT2D eigenvalue weighted by atomic mass is 10.1. The van der Waals surface area contributed by atoms with Crippen molar-refractivity contribution in [3.8, 4) is 0 Å². The first-order valence-corrected chi connectivity index (χ1v) is 8.93. The molecule has 1 saturated heterocycles. The van der Waals surface area contributed by atoms with Gasteiger partial charge in [0.2, 0.25) is 0 Å². The molecule has 0 saturated carbocycles. The predicted octanol–water partition coefficient (Wildman–Crippen LogP) is 1.11. The number of rotatable bonds is 8. The summed E-state index contributed by atoms with van der Waals surface area (Å²) >= 11 is 0. The van der Waals surface area contributed by atoms with E-state index in [0.717, 1.165) is 5.69 Å².